The molecule has 0 aliphatic rings. The highest BCUT2D eigenvalue weighted by molar-refractivity contribution is 5.74. The van der Waals surface area contributed by atoms with Gasteiger partial charge in [-0.1, -0.05) is 45.4 Å². The zero-order chi connectivity index (χ0) is 12.9. The Labute approximate surface area is 105 Å². The van der Waals surface area contributed by atoms with Crippen LogP contribution in [0.3, 0.4) is 0 Å². The van der Waals surface area contributed by atoms with Gasteiger partial charge in [-0.05, 0) is 6.42 Å². The van der Waals surface area contributed by atoms with E-state index in [1.165, 1.54) is 32.1 Å². The molecule has 0 aromatic heterocycles. The van der Waals surface area contributed by atoms with E-state index >= 15 is 0 Å². The summed E-state index contributed by atoms with van der Waals surface area (Å²) in [5.41, 5.74) is 3.68. The van der Waals surface area contributed by atoms with Crippen molar-refractivity contribution >= 4 is 5.91 Å². The van der Waals surface area contributed by atoms with Gasteiger partial charge in [-0.15, -0.1) is 0 Å². The molecule has 0 heterocycles. The molecule has 0 fully saturated rings. The lowest BCUT2D eigenvalue weighted by molar-refractivity contribution is -0.369. The first-order valence-corrected chi connectivity index (χ1v) is 7.00. The van der Waals surface area contributed by atoms with Crippen LogP contribution < -0.4 is 5.73 Å². The average Bonchev–Trinajstić information content (AvgIpc) is 2.34. The Morgan fingerprint density at radius 2 is 1.65 bits per heavy atom. The average molecular weight is 245 g/mol. The Bertz CT molecular complexity index is 186. The van der Waals surface area contributed by atoms with Crippen LogP contribution in [0.1, 0.15) is 64.7 Å². The number of hydrogen-bond acceptors (Lipinski definition) is 2. The monoisotopic (exact) mass is 245 g/mol. The molecular formula is C13H29N2O2+. The number of rotatable bonds is 11. The van der Waals surface area contributed by atoms with Gasteiger partial charge in [-0.2, -0.15) is 0 Å². The van der Waals surface area contributed by atoms with Crippen LogP contribution in [0.5, 0.6) is 0 Å². The number of unbranched alkanes of at least 4 members (excludes halogenated alkanes) is 6. The lowest BCUT2D eigenvalue weighted by Gasteiger charge is -2.13. The Balaban J connectivity index is 3.32. The summed E-state index contributed by atoms with van der Waals surface area (Å²) < 4.78 is 0. The van der Waals surface area contributed by atoms with Gasteiger partial charge in [-0.25, -0.2) is 5.06 Å². The predicted molar refractivity (Wildman–Crippen MR) is 68.5 cm³/mol. The van der Waals surface area contributed by atoms with E-state index in [0.717, 1.165) is 30.9 Å². The molecule has 0 spiro atoms. The Morgan fingerprint density at radius 3 is 2.24 bits per heavy atom. The summed E-state index contributed by atoms with van der Waals surface area (Å²) >= 11 is 0. The number of nitrogens with zero attached hydrogens (tertiary/aromatic N) is 1. The van der Waals surface area contributed by atoms with Crippen LogP contribution in [0, 0.1) is 0 Å². The first-order valence-electron chi connectivity index (χ1n) is 7.00. The van der Waals surface area contributed by atoms with Gasteiger partial charge in [0, 0.05) is 12.8 Å². The fourth-order valence-corrected chi connectivity index (χ4v) is 1.75. The minimum absolute atomic E-state index is 0.146. The summed E-state index contributed by atoms with van der Waals surface area (Å²) in [5.74, 6) is -0.146. The minimum atomic E-state index is -0.146. The van der Waals surface area contributed by atoms with Crippen molar-refractivity contribution in [3.05, 3.63) is 0 Å². The minimum Gasteiger partial charge on any atom is -0.358 e. The molecular weight excluding hydrogens is 216 g/mol. The molecule has 0 aromatic rings. The van der Waals surface area contributed by atoms with E-state index < -0.39 is 0 Å². The Kier molecular flexibility index (Phi) is 11.4. The molecule has 0 atom stereocenters. The molecule has 0 unspecified atom stereocenters. The third-order valence-electron chi connectivity index (χ3n) is 2.90. The highest BCUT2D eigenvalue weighted by Gasteiger charge is 2.09. The number of hydrogen-bond donors (Lipinski definition) is 2. The van der Waals surface area contributed by atoms with Gasteiger partial charge in [0.1, 0.15) is 0 Å². The molecule has 4 nitrogen and oxygen atoms in total. The molecule has 4 heteroatoms. The molecule has 0 rings (SSSR count). The zero-order valence-corrected chi connectivity index (χ0v) is 11.3. The van der Waals surface area contributed by atoms with Crippen LogP contribution in [0.2, 0.25) is 0 Å². The number of carbonyl (C=O) groups excluding carboxylic acids is 1. The molecule has 17 heavy (non-hydrogen) atoms. The molecule has 4 N–H and O–H groups in total. The maximum atomic E-state index is 11.4. The van der Waals surface area contributed by atoms with Crippen molar-refractivity contribution < 1.29 is 15.7 Å². The van der Waals surface area contributed by atoms with Crippen LogP contribution in [0.25, 0.3) is 0 Å². The van der Waals surface area contributed by atoms with Crippen molar-refractivity contribution in [1.82, 2.24) is 5.06 Å². The molecule has 0 radical (unpaired) electrons. The Morgan fingerprint density at radius 1 is 1.06 bits per heavy atom. The van der Waals surface area contributed by atoms with Gasteiger partial charge < -0.3 is 5.73 Å². The zero-order valence-electron chi connectivity index (χ0n) is 11.3. The quantitative estimate of drug-likeness (QED) is 0.332. The summed E-state index contributed by atoms with van der Waals surface area (Å²) in [6.07, 6.45) is 9.59. The SMILES string of the molecule is CCCCCCCCCC(=O)N(O)CCC[NH3+]. The molecule has 0 aliphatic carbocycles. The third kappa shape index (κ3) is 10.3. The van der Waals surface area contributed by atoms with E-state index in [2.05, 4.69) is 12.7 Å². The second kappa shape index (κ2) is 11.9. The van der Waals surface area contributed by atoms with Crippen molar-refractivity contribution in [3.63, 3.8) is 0 Å². The highest BCUT2D eigenvalue weighted by atomic mass is 16.5. The number of quaternary nitrogens is 1. The van der Waals surface area contributed by atoms with E-state index in [1.54, 1.807) is 0 Å². The van der Waals surface area contributed by atoms with Crippen LogP contribution in [0.15, 0.2) is 0 Å². The normalized spacial score (nSPS) is 10.5. The van der Waals surface area contributed by atoms with Crippen molar-refractivity contribution in [1.29, 1.82) is 0 Å². The van der Waals surface area contributed by atoms with E-state index in [0.29, 0.717) is 13.0 Å². The van der Waals surface area contributed by atoms with E-state index in [1.807, 2.05) is 0 Å². The second-order valence-electron chi connectivity index (χ2n) is 4.60. The van der Waals surface area contributed by atoms with Crippen LogP contribution in [-0.2, 0) is 4.79 Å². The molecule has 1 amide bonds. The third-order valence-corrected chi connectivity index (χ3v) is 2.90. The summed E-state index contributed by atoms with van der Waals surface area (Å²) in [6.45, 7) is 3.38. The molecule has 102 valence electrons. The maximum absolute atomic E-state index is 11.4. The van der Waals surface area contributed by atoms with Crippen LogP contribution in [-0.4, -0.2) is 29.3 Å². The van der Waals surface area contributed by atoms with Crippen LogP contribution >= 0.6 is 0 Å². The van der Waals surface area contributed by atoms with Gasteiger partial charge in [-0.3, -0.25) is 10.0 Å². The topological polar surface area (TPSA) is 68.2 Å². The first kappa shape index (κ1) is 16.4. The van der Waals surface area contributed by atoms with Crippen molar-refractivity contribution in [2.24, 2.45) is 0 Å². The van der Waals surface area contributed by atoms with Gasteiger partial charge in [0.15, 0.2) is 0 Å². The van der Waals surface area contributed by atoms with Crippen molar-refractivity contribution in [2.75, 3.05) is 13.1 Å². The lowest BCUT2D eigenvalue weighted by atomic mass is 10.1. The predicted octanol–water partition coefficient (Wildman–Crippen LogP) is 1.98. The molecule has 0 bridgehead atoms. The number of hydroxylamine groups is 2. The number of amides is 1. The molecule has 0 aromatic carbocycles. The summed E-state index contributed by atoms with van der Waals surface area (Å²) in [4.78, 5) is 11.4. The van der Waals surface area contributed by atoms with E-state index in [4.69, 9.17) is 0 Å². The fraction of sp³-hybridized carbons (Fsp3) is 0.923. The van der Waals surface area contributed by atoms with Gasteiger partial charge in [0.25, 0.3) is 0 Å². The smallest absolute Gasteiger partial charge is 0.245 e. The van der Waals surface area contributed by atoms with Gasteiger partial charge in [0.2, 0.25) is 5.91 Å². The first-order chi connectivity index (χ1) is 8.22. The number of carbonyl (C=O) groups is 1. The summed E-state index contributed by atoms with van der Waals surface area (Å²) in [6, 6.07) is 0. The molecule has 0 saturated heterocycles. The lowest BCUT2D eigenvalue weighted by Crippen LogP contribution is -2.51. The molecule has 0 saturated carbocycles. The molecule has 0 aliphatic heterocycles. The van der Waals surface area contributed by atoms with Crippen molar-refractivity contribution in [3.8, 4) is 0 Å². The van der Waals surface area contributed by atoms with Gasteiger partial charge >= 0.3 is 0 Å². The Hall–Kier alpha value is -0.610. The fourth-order valence-electron chi connectivity index (χ4n) is 1.75. The largest absolute Gasteiger partial charge is 0.358 e. The maximum Gasteiger partial charge on any atom is 0.245 e. The second-order valence-corrected chi connectivity index (χ2v) is 4.60. The van der Waals surface area contributed by atoms with E-state index in [9.17, 15) is 10.0 Å². The highest BCUT2D eigenvalue weighted by Crippen LogP contribution is 2.09. The van der Waals surface area contributed by atoms with Gasteiger partial charge in [0.05, 0.1) is 13.1 Å². The summed E-state index contributed by atoms with van der Waals surface area (Å²) in [7, 11) is 0. The summed E-state index contributed by atoms with van der Waals surface area (Å²) in [5, 5.41) is 10.2. The standard InChI is InChI=1S/C13H28N2O2/c1-2-3-4-5-6-7-8-10-13(16)15(17)12-9-11-14/h17H,2-12,14H2,1H3/p+1. The van der Waals surface area contributed by atoms with E-state index in [-0.39, 0.29) is 5.91 Å². The van der Waals surface area contributed by atoms with Crippen LogP contribution in [0.4, 0.5) is 0 Å². The van der Waals surface area contributed by atoms with Crippen molar-refractivity contribution in [2.45, 2.75) is 64.7 Å².